The van der Waals surface area contributed by atoms with Crippen molar-refractivity contribution in [3.8, 4) is 0 Å². The molecule has 0 fully saturated rings. The highest BCUT2D eigenvalue weighted by Gasteiger charge is 2.20. The van der Waals surface area contributed by atoms with E-state index >= 15 is 0 Å². The van der Waals surface area contributed by atoms with Crippen LogP contribution in [0.1, 0.15) is 34.7 Å². The highest BCUT2D eigenvalue weighted by molar-refractivity contribution is 9.13. The Morgan fingerprint density at radius 3 is 2.42 bits per heavy atom. The Kier molecular flexibility index (Phi) is 6.11. The summed E-state index contributed by atoms with van der Waals surface area (Å²) < 4.78 is 3.47. The van der Waals surface area contributed by atoms with Crippen molar-refractivity contribution in [2.24, 2.45) is 0 Å². The van der Waals surface area contributed by atoms with Gasteiger partial charge in [-0.15, -0.1) is 22.7 Å². The van der Waals surface area contributed by atoms with Gasteiger partial charge in [-0.2, -0.15) is 0 Å². The minimum absolute atomic E-state index is 0.273. The van der Waals surface area contributed by atoms with Crippen LogP contribution in [0.15, 0.2) is 24.2 Å². The molecular weight excluding hydrogens is 474 g/mol. The summed E-state index contributed by atoms with van der Waals surface area (Å²) in [6.45, 7) is 5.40. The lowest BCUT2D eigenvalue weighted by molar-refractivity contribution is 0.605. The first-order valence-corrected chi connectivity index (χ1v) is 9.98. The van der Waals surface area contributed by atoms with Crippen molar-refractivity contribution in [1.82, 2.24) is 5.32 Å². The molecule has 6 heteroatoms. The highest BCUT2D eigenvalue weighted by atomic mass is 79.9. The SMILES string of the molecule is CCCNC(c1cc(Br)c(Br)s1)c1cc(Br)sc1C. The number of rotatable bonds is 5. The molecule has 0 aromatic carbocycles. The second-order valence-electron chi connectivity index (χ2n) is 4.22. The maximum Gasteiger partial charge on any atom is 0.0843 e. The van der Waals surface area contributed by atoms with Gasteiger partial charge in [0.1, 0.15) is 0 Å². The summed E-state index contributed by atoms with van der Waals surface area (Å²) in [6.07, 6.45) is 1.13. The number of hydrogen-bond donors (Lipinski definition) is 1. The minimum Gasteiger partial charge on any atom is -0.306 e. The van der Waals surface area contributed by atoms with E-state index in [4.69, 9.17) is 0 Å². The Morgan fingerprint density at radius 1 is 1.21 bits per heavy atom. The molecule has 0 bridgehead atoms. The Morgan fingerprint density at radius 2 is 1.95 bits per heavy atom. The summed E-state index contributed by atoms with van der Waals surface area (Å²) in [7, 11) is 0. The van der Waals surface area contributed by atoms with Crippen molar-refractivity contribution in [3.05, 3.63) is 39.5 Å². The lowest BCUT2D eigenvalue weighted by atomic mass is 10.1. The first kappa shape index (κ1) is 16.2. The van der Waals surface area contributed by atoms with Crippen LogP contribution in [0, 0.1) is 6.92 Å². The fraction of sp³-hybridized carbons (Fsp3) is 0.385. The zero-order valence-electron chi connectivity index (χ0n) is 10.6. The molecule has 1 N–H and O–H groups in total. The lowest BCUT2D eigenvalue weighted by Crippen LogP contribution is -2.22. The topological polar surface area (TPSA) is 12.0 Å². The van der Waals surface area contributed by atoms with Crippen molar-refractivity contribution < 1.29 is 0 Å². The smallest absolute Gasteiger partial charge is 0.0843 e. The molecule has 2 rings (SSSR count). The van der Waals surface area contributed by atoms with E-state index < -0.39 is 0 Å². The molecule has 0 amide bonds. The molecule has 19 heavy (non-hydrogen) atoms. The first-order chi connectivity index (χ1) is 9.02. The van der Waals surface area contributed by atoms with Crippen molar-refractivity contribution in [2.45, 2.75) is 26.3 Å². The quantitative estimate of drug-likeness (QED) is 0.508. The molecule has 104 valence electrons. The predicted octanol–water partition coefficient (Wildman–Crippen LogP) is 6.49. The van der Waals surface area contributed by atoms with E-state index in [1.165, 1.54) is 19.1 Å². The molecule has 1 atom stereocenters. The van der Waals surface area contributed by atoms with E-state index in [1.54, 1.807) is 22.7 Å². The van der Waals surface area contributed by atoms with E-state index in [-0.39, 0.29) is 6.04 Å². The van der Waals surface area contributed by atoms with Crippen molar-refractivity contribution >= 4 is 70.5 Å². The third kappa shape index (κ3) is 3.92. The molecule has 2 aromatic heterocycles. The standard InChI is InChI=1S/C13H14Br3NS2/c1-3-4-17-12(8-5-11(15)18-7(8)2)10-6-9(14)13(16)19-10/h5-6,12,17H,3-4H2,1-2H3. The Bertz CT molecular complexity index is 543. The van der Waals surface area contributed by atoms with Gasteiger partial charge in [-0.3, -0.25) is 0 Å². The largest absolute Gasteiger partial charge is 0.306 e. The molecular formula is C13H14Br3NS2. The van der Waals surface area contributed by atoms with E-state index in [2.05, 4.69) is 79.1 Å². The number of halogens is 3. The molecule has 0 spiro atoms. The van der Waals surface area contributed by atoms with Crippen LogP contribution in [0.3, 0.4) is 0 Å². The minimum atomic E-state index is 0.273. The van der Waals surface area contributed by atoms with Crippen LogP contribution < -0.4 is 5.32 Å². The highest BCUT2D eigenvalue weighted by Crippen LogP contribution is 2.40. The summed E-state index contributed by atoms with van der Waals surface area (Å²) >= 11 is 14.3. The summed E-state index contributed by atoms with van der Waals surface area (Å²) in [6, 6.07) is 4.71. The Balaban J connectivity index is 2.38. The van der Waals surface area contributed by atoms with Gasteiger partial charge in [-0.25, -0.2) is 0 Å². The number of hydrogen-bond acceptors (Lipinski definition) is 3. The zero-order valence-corrected chi connectivity index (χ0v) is 17.0. The summed E-state index contributed by atoms with van der Waals surface area (Å²) in [5.74, 6) is 0. The van der Waals surface area contributed by atoms with Gasteiger partial charge in [0.15, 0.2) is 0 Å². The Hall–Kier alpha value is 0.800. The first-order valence-electron chi connectivity index (χ1n) is 5.96. The van der Waals surface area contributed by atoms with Crippen LogP contribution in [0.4, 0.5) is 0 Å². The fourth-order valence-corrected chi connectivity index (χ4v) is 5.84. The molecule has 2 heterocycles. The maximum absolute atomic E-state index is 3.65. The summed E-state index contributed by atoms with van der Waals surface area (Å²) in [5, 5.41) is 3.65. The van der Waals surface area contributed by atoms with E-state index in [0.717, 1.165) is 21.2 Å². The third-order valence-electron chi connectivity index (χ3n) is 2.78. The van der Waals surface area contributed by atoms with Gasteiger partial charge < -0.3 is 5.32 Å². The van der Waals surface area contributed by atoms with Crippen molar-refractivity contribution in [1.29, 1.82) is 0 Å². The lowest BCUT2D eigenvalue weighted by Gasteiger charge is -2.17. The molecule has 2 aromatic rings. The van der Waals surface area contributed by atoms with Gasteiger partial charge in [0, 0.05) is 14.2 Å². The van der Waals surface area contributed by atoms with Gasteiger partial charge in [0.05, 0.1) is 13.6 Å². The fourth-order valence-electron chi connectivity index (χ4n) is 1.90. The normalized spacial score (nSPS) is 12.9. The van der Waals surface area contributed by atoms with Gasteiger partial charge in [0.25, 0.3) is 0 Å². The zero-order chi connectivity index (χ0) is 14.0. The number of aryl methyl sites for hydroxylation is 1. The molecule has 0 radical (unpaired) electrons. The predicted molar refractivity (Wildman–Crippen MR) is 96.6 cm³/mol. The average Bonchev–Trinajstić information content (AvgIpc) is 2.84. The van der Waals surface area contributed by atoms with E-state index in [9.17, 15) is 0 Å². The van der Waals surface area contributed by atoms with Crippen LogP contribution >= 0.6 is 70.5 Å². The average molecular weight is 488 g/mol. The summed E-state index contributed by atoms with van der Waals surface area (Å²) in [5.41, 5.74) is 1.37. The van der Waals surface area contributed by atoms with Gasteiger partial charge in [0.2, 0.25) is 0 Å². The molecule has 0 aliphatic rings. The van der Waals surface area contributed by atoms with E-state index in [0.29, 0.717) is 0 Å². The van der Waals surface area contributed by atoms with Crippen LogP contribution in [0.5, 0.6) is 0 Å². The molecule has 1 nitrogen and oxygen atoms in total. The number of nitrogens with one attached hydrogen (secondary N) is 1. The van der Waals surface area contributed by atoms with Crippen LogP contribution in [0.25, 0.3) is 0 Å². The molecule has 0 aliphatic heterocycles. The van der Waals surface area contributed by atoms with Crippen LogP contribution in [-0.2, 0) is 0 Å². The molecule has 0 saturated heterocycles. The Labute approximate surface area is 147 Å². The van der Waals surface area contributed by atoms with Crippen molar-refractivity contribution in [3.63, 3.8) is 0 Å². The maximum atomic E-state index is 3.65. The van der Waals surface area contributed by atoms with E-state index in [1.807, 2.05) is 0 Å². The second-order valence-corrected chi connectivity index (χ2v) is 10.1. The summed E-state index contributed by atoms with van der Waals surface area (Å²) in [4.78, 5) is 2.70. The van der Waals surface area contributed by atoms with Crippen LogP contribution in [0.2, 0.25) is 0 Å². The van der Waals surface area contributed by atoms with Crippen molar-refractivity contribution in [2.75, 3.05) is 6.54 Å². The van der Waals surface area contributed by atoms with Gasteiger partial charge in [-0.1, -0.05) is 6.92 Å². The van der Waals surface area contributed by atoms with Gasteiger partial charge >= 0.3 is 0 Å². The van der Waals surface area contributed by atoms with Gasteiger partial charge in [-0.05, 0) is 85.4 Å². The molecule has 0 saturated carbocycles. The third-order valence-corrected chi connectivity index (χ3v) is 7.67. The van der Waals surface area contributed by atoms with Crippen LogP contribution in [-0.4, -0.2) is 6.54 Å². The molecule has 0 aliphatic carbocycles. The second kappa shape index (κ2) is 7.18. The number of thiophene rings is 2. The molecule has 1 unspecified atom stereocenters. The monoisotopic (exact) mass is 485 g/mol.